The van der Waals surface area contributed by atoms with Crippen LogP contribution in [-0.4, -0.2) is 199 Å². The molecule has 0 amide bonds. The molecule has 0 bridgehead atoms. The van der Waals surface area contributed by atoms with Crippen LogP contribution < -0.4 is 0 Å². The van der Waals surface area contributed by atoms with E-state index in [4.69, 9.17) is 80.5 Å². The van der Waals surface area contributed by atoms with Gasteiger partial charge in [0.1, 0.15) is 72.7 Å². The number of unbranched alkanes of at least 4 members (excludes halogenated alkanes) is 1. The Hall–Kier alpha value is -11.3. The van der Waals surface area contributed by atoms with Gasteiger partial charge in [0.25, 0.3) is 0 Å². The zero-order chi connectivity index (χ0) is 87.0. The van der Waals surface area contributed by atoms with E-state index in [2.05, 4.69) is 133 Å². The van der Waals surface area contributed by atoms with Crippen LogP contribution in [0.15, 0.2) is 228 Å². The number of carbonyl (C=O) groups excluding carboxylic acids is 9. The standard InChI is InChI=1S/C14H20O5.C14H22O3.C13H20O4.C10H16O4.C9H14O4.C9H14O3.C8H12O3.C7H10O3/c1-5-12(15)18-10-14(7-3,9-17-8-4)11-19-13(16)6-2;1-4-16-9-12-5-7-13(8-6-12)10-17-14(15)11(2)3;1-5-12(14)17-11-13(6-2,9-15-7-3)10-16-8-4;1-4-12-5-6-13-7-8-14-10(11)9(2)3;1-3-9(10)13-8-7-12-6-5-11-4-2;1-3-9(10)12-8-6-5-7-11-4-2;1-4-10-5-6-11-8(9)7(2)3;1-3-7(8)10-6-5-9-4-2/h5-6,8H,1-2,4,7,9-11H2,3H3;4,12-13H,1-2,5-10H2,3H3;5,7-8H,1,3-4,6,9-11H2,2H3;4H,1-2,5-8H2,3H3;3-4H,1-2,5-8H2;3-4H,1-2,5-8H2;4H,1-2,5-6H2,3H3;3-4H,1-2,5-6H2. The van der Waals surface area contributed by atoms with E-state index in [1.165, 1.54) is 56.4 Å². The smallest absolute Gasteiger partial charge is 0.333 e. The molecule has 0 aromatic rings. The van der Waals surface area contributed by atoms with Crippen LogP contribution in [0.1, 0.15) is 86.0 Å². The Balaban J connectivity index is -0.000000229. The highest BCUT2D eigenvalue weighted by molar-refractivity contribution is 5.88. The van der Waals surface area contributed by atoms with E-state index in [0.29, 0.717) is 121 Å². The van der Waals surface area contributed by atoms with E-state index in [9.17, 15) is 43.2 Å². The van der Waals surface area contributed by atoms with Crippen molar-refractivity contribution in [1.29, 1.82) is 0 Å². The average molecular weight is 1600 g/mol. The van der Waals surface area contributed by atoms with Crippen LogP contribution in [0, 0.1) is 22.7 Å². The third-order valence-corrected chi connectivity index (χ3v) is 13.5. The van der Waals surface area contributed by atoms with E-state index in [0.717, 1.165) is 88.0 Å². The van der Waals surface area contributed by atoms with E-state index in [-0.39, 0.29) is 64.8 Å². The van der Waals surface area contributed by atoms with Crippen molar-refractivity contribution < 1.29 is 138 Å². The molecule has 0 saturated heterocycles. The highest BCUT2D eigenvalue weighted by Gasteiger charge is 2.33. The molecule has 0 heterocycles. The summed E-state index contributed by atoms with van der Waals surface area (Å²) in [6, 6.07) is 0. The van der Waals surface area contributed by atoms with Gasteiger partial charge in [-0.25, -0.2) is 43.2 Å². The molecule has 1 saturated carbocycles. The summed E-state index contributed by atoms with van der Waals surface area (Å²) >= 11 is 0. The van der Waals surface area contributed by atoms with Crippen molar-refractivity contribution in [2.45, 2.75) is 86.0 Å². The number of ether oxygens (including phenoxy) is 20. The molecule has 638 valence electrons. The van der Waals surface area contributed by atoms with Crippen LogP contribution in [0.4, 0.5) is 0 Å². The molecule has 1 rings (SSSR count). The maximum atomic E-state index is 11.2. The fourth-order valence-corrected chi connectivity index (χ4v) is 6.99. The normalized spacial score (nSPS) is 11.4. The molecule has 1 aliphatic carbocycles. The predicted octanol–water partition coefficient (Wildman–Crippen LogP) is 13.5. The van der Waals surface area contributed by atoms with Crippen molar-refractivity contribution in [2.75, 3.05) is 145 Å². The van der Waals surface area contributed by atoms with Crippen LogP contribution >= 0.6 is 0 Å². The minimum absolute atomic E-state index is 0.0621. The molecule has 0 spiro atoms. The molecule has 0 atom stereocenters. The molecule has 0 aromatic carbocycles. The van der Waals surface area contributed by atoms with Gasteiger partial charge < -0.3 is 94.7 Å². The summed E-state index contributed by atoms with van der Waals surface area (Å²) in [5.74, 6) is -2.72. The lowest BCUT2D eigenvalue weighted by atomic mass is 9.83. The first kappa shape index (κ1) is 115. The monoisotopic (exact) mass is 1600 g/mol. The van der Waals surface area contributed by atoms with E-state index in [1.54, 1.807) is 20.8 Å². The van der Waals surface area contributed by atoms with Crippen LogP contribution in [0.3, 0.4) is 0 Å². The SMILES string of the molecule is C=COCC(CC)(COC(=O)C=C)COC(=O)C=C.C=COCC(CC)(COC=C)COC(=O)C=C.C=COCC1CCC(COC(=O)C(=C)C)CC1.C=COCCCCOC(=O)C=C.C=COCCOC(=O)C(=C)C.C=COCCOC(=O)C=C.C=COCCOCCOC(=O)C(=C)C.C=COCCOCCOC(=O)C=C. The van der Waals surface area contributed by atoms with Crippen molar-refractivity contribution in [2.24, 2.45) is 22.7 Å². The molecule has 0 aliphatic heterocycles. The zero-order valence-electron chi connectivity index (χ0n) is 67.6. The molecule has 0 unspecified atom stereocenters. The highest BCUT2D eigenvalue weighted by atomic mass is 16.6. The summed E-state index contributed by atoms with van der Waals surface area (Å²) in [6.45, 7) is 77.4. The first-order valence-electron chi connectivity index (χ1n) is 35.5. The lowest BCUT2D eigenvalue weighted by Crippen LogP contribution is -2.37. The Morgan fingerprint density at radius 2 is 0.513 bits per heavy atom. The maximum absolute atomic E-state index is 11.2. The molecule has 1 fully saturated rings. The zero-order valence-corrected chi connectivity index (χ0v) is 67.6. The number of esters is 9. The summed E-state index contributed by atoms with van der Waals surface area (Å²) in [5, 5.41) is 0. The Morgan fingerprint density at radius 3 is 0.823 bits per heavy atom. The van der Waals surface area contributed by atoms with Crippen molar-refractivity contribution in [3.8, 4) is 0 Å². The van der Waals surface area contributed by atoms with E-state index < -0.39 is 52.6 Å². The second-order valence-corrected chi connectivity index (χ2v) is 22.4. The quantitative estimate of drug-likeness (QED) is 0.0179. The van der Waals surface area contributed by atoms with Crippen molar-refractivity contribution in [1.82, 2.24) is 0 Å². The number of carbonyl (C=O) groups is 9. The maximum Gasteiger partial charge on any atom is 0.333 e. The van der Waals surface area contributed by atoms with Crippen LogP contribution in [0.25, 0.3) is 0 Å². The number of rotatable bonds is 59. The van der Waals surface area contributed by atoms with Crippen LogP contribution in [0.5, 0.6) is 0 Å². The second-order valence-electron chi connectivity index (χ2n) is 22.4. The second kappa shape index (κ2) is 86.3. The largest absolute Gasteiger partial charge is 0.502 e. The first-order valence-corrected chi connectivity index (χ1v) is 35.5. The average Bonchev–Trinajstić information content (AvgIpc) is 0.876. The number of hydrogen-bond acceptors (Lipinski definition) is 29. The van der Waals surface area contributed by atoms with Gasteiger partial charge in [0.2, 0.25) is 0 Å². The first-order chi connectivity index (χ1) is 54.1. The third-order valence-electron chi connectivity index (χ3n) is 13.5. The summed E-state index contributed by atoms with van der Waals surface area (Å²) < 4.78 is 98.4. The molecule has 1 aliphatic rings. The molecule has 0 N–H and O–H groups in total. The number of hydrogen-bond donors (Lipinski definition) is 0. The Labute approximate surface area is 670 Å². The molecular formula is C84H128O29. The van der Waals surface area contributed by atoms with Gasteiger partial charge in [-0.15, -0.1) is 0 Å². The van der Waals surface area contributed by atoms with Crippen LogP contribution in [0.2, 0.25) is 0 Å². The Bertz CT molecular complexity index is 2750. The molecule has 29 heteroatoms. The minimum Gasteiger partial charge on any atom is -0.502 e. The van der Waals surface area contributed by atoms with Crippen molar-refractivity contribution >= 4 is 53.7 Å². The van der Waals surface area contributed by atoms with Gasteiger partial charge in [0.05, 0.1) is 140 Å². The molecule has 0 aromatic heterocycles. The third kappa shape index (κ3) is 83.0. The van der Waals surface area contributed by atoms with Crippen molar-refractivity contribution in [3.63, 3.8) is 0 Å². The summed E-state index contributed by atoms with van der Waals surface area (Å²) in [7, 11) is 0. The summed E-state index contributed by atoms with van der Waals surface area (Å²) in [5.41, 5.74) is 0.230. The molecule has 0 radical (unpaired) electrons. The lowest BCUT2D eigenvalue weighted by molar-refractivity contribution is -0.151. The van der Waals surface area contributed by atoms with Gasteiger partial charge in [0, 0.05) is 53.2 Å². The van der Waals surface area contributed by atoms with Gasteiger partial charge in [-0.3, -0.25) is 0 Å². The highest BCUT2D eigenvalue weighted by Crippen LogP contribution is 2.30. The molecule has 29 nitrogen and oxygen atoms in total. The van der Waals surface area contributed by atoms with Crippen molar-refractivity contribution in [3.05, 3.63) is 228 Å². The summed E-state index contributed by atoms with van der Waals surface area (Å²) in [4.78, 5) is 97.5. The van der Waals surface area contributed by atoms with Gasteiger partial charge in [0.15, 0.2) is 0 Å². The van der Waals surface area contributed by atoms with Crippen LogP contribution in [-0.2, 0) is 138 Å². The Kier molecular flexibility index (Phi) is 87.8. The van der Waals surface area contributed by atoms with Gasteiger partial charge in [-0.2, -0.15) is 0 Å². The van der Waals surface area contributed by atoms with Gasteiger partial charge >= 0.3 is 53.7 Å². The minimum atomic E-state index is -0.620. The molecule has 113 heavy (non-hydrogen) atoms. The predicted molar refractivity (Wildman–Crippen MR) is 431 cm³/mol. The Morgan fingerprint density at radius 1 is 0.274 bits per heavy atom. The van der Waals surface area contributed by atoms with Gasteiger partial charge in [-0.05, 0) is 84.0 Å². The topological polar surface area (TPSA) is 338 Å². The molecular weight excluding hydrogens is 1470 g/mol. The van der Waals surface area contributed by atoms with Gasteiger partial charge in [-0.1, -0.05) is 132 Å². The summed E-state index contributed by atoms with van der Waals surface area (Å²) in [6.07, 6.45) is 26.3. The van der Waals surface area contributed by atoms with E-state index >= 15 is 0 Å². The van der Waals surface area contributed by atoms with E-state index in [1.807, 2.05) is 13.8 Å². The lowest BCUT2D eigenvalue weighted by Gasteiger charge is -2.30. The fraction of sp³-hybridized carbons (Fsp3) is 0.464. The fourth-order valence-electron chi connectivity index (χ4n) is 6.99.